The quantitative estimate of drug-likeness (QED) is 0.502. The van der Waals surface area contributed by atoms with E-state index in [2.05, 4.69) is 42.5 Å². The number of aromatic nitrogens is 3. The fourth-order valence-corrected chi connectivity index (χ4v) is 4.81. The maximum atomic E-state index is 12.9. The molecule has 0 amide bonds. The summed E-state index contributed by atoms with van der Waals surface area (Å²) in [5.41, 5.74) is 2.68. The summed E-state index contributed by atoms with van der Waals surface area (Å²) in [5, 5.41) is 10.9. The monoisotopic (exact) mass is 406 g/mol. The lowest BCUT2D eigenvalue weighted by molar-refractivity contribution is -0.139. The third-order valence-corrected chi connectivity index (χ3v) is 6.41. The molecule has 0 saturated heterocycles. The van der Waals surface area contributed by atoms with E-state index in [0.29, 0.717) is 18.1 Å². The van der Waals surface area contributed by atoms with Crippen LogP contribution >= 0.6 is 23.1 Å². The number of carbonyl (C=O) groups excluding carboxylic acids is 1. The zero-order valence-corrected chi connectivity index (χ0v) is 17.9. The van der Waals surface area contributed by atoms with Crippen molar-refractivity contribution in [3.05, 3.63) is 33.2 Å². The highest BCUT2D eigenvalue weighted by molar-refractivity contribution is 7.99. The number of allylic oxidation sites excluding steroid dienone is 1. The molecule has 2 aromatic heterocycles. The first-order valence-electron chi connectivity index (χ1n) is 9.41. The van der Waals surface area contributed by atoms with Crippen molar-refractivity contribution in [2.24, 2.45) is 0 Å². The molecule has 1 N–H and O–H groups in total. The van der Waals surface area contributed by atoms with Crippen molar-refractivity contribution in [2.75, 3.05) is 17.7 Å². The van der Waals surface area contributed by atoms with Gasteiger partial charge >= 0.3 is 5.97 Å². The highest BCUT2D eigenvalue weighted by atomic mass is 32.2. The third kappa shape index (κ3) is 4.06. The zero-order chi connectivity index (χ0) is 19.4. The lowest BCUT2D eigenvalue weighted by atomic mass is 9.97. The molecule has 1 unspecified atom stereocenters. The van der Waals surface area contributed by atoms with Gasteiger partial charge in [-0.3, -0.25) is 0 Å². The Hall–Kier alpha value is -1.80. The van der Waals surface area contributed by atoms with Gasteiger partial charge in [-0.15, -0.1) is 16.4 Å². The molecule has 6 nitrogen and oxygen atoms in total. The first-order valence-corrected chi connectivity index (χ1v) is 11.3. The van der Waals surface area contributed by atoms with E-state index in [1.165, 1.54) is 0 Å². The van der Waals surface area contributed by atoms with Crippen LogP contribution in [-0.4, -0.2) is 33.1 Å². The molecule has 1 aliphatic heterocycles. The molecule has 0 aliphatic carbocycles. The number of hydrogen-bond acceptors (Lipinski definition) is 7. The summed E-state index contributed by atoms with van der Waals surface area (Å²) in [4.78, 5) is 18.7. The highest BCUT2D eigenvalue weighted by Crippen LogP contribution is 2.41. The van der Waals surface area contributed by atoms with Crippen LogP contribution in [0.3, 0.4) is 0 Å². The fourth-order valence-electron chi connectivity index (χ4n) is 3.11. The SMILES string of the molecule is CCCSc1nc2n(n1)C(c1sccc1C)C(C(=O)OCC)=C(CCC)N2. The first-order chi connectivity index (χ1) is 13.1. The molecule has 8 heteroatoms. The molecule has 3 rings (SSSR count). The predicted molar refractivity (Wildman–Crippen MR) is 110 cm³/mol. The third-order valence-electron chi connectivity index (χ3n) is 4.30. The number of carbonyl (C=O) groups is 1. The Morgan fingerprint density at radius 1 is 1.37 bits per heavy atom. The van der Waals surface area contributed by atoms with Gasteiger partial charge in [-0.25, -0.2) is 9.48 Å². The number of thioether (sulfide) groups is 1. The minimum Gasteiger partial charge on any atom is -0.463 e. The van der Waals surface area contributed by atoms with Gasteiger partial charge in [0.15, 0.2) is 0 Å². The van der Waals surface area contributed by atoms with E-state index in [4.69, 9.17) is 9.84 Å². The number of anilines is 1. The minimum atomic E-state index is -0.301. The van der Waals surface area contributed by atoms with Crippen LogP contribution in [0.15, 0.2) is 27.9 Å². The molecule has 0 bridgehead atoms. The smallest absolute Gasteiger partial charge is 0.338 e. The number of nitrogens with zero attached hydrogens (tertiary/aromatic N) is 3. The highest BCUT2D eigenvalue weighted by Gasteiger charge is 2.37. The van der Waals surface area contributed by atoms with E-state index in [0.717, 1.165) is 46.3 Å². The second kappa shape index (κ2) is 8.93. The van der Waals surface area contributed by atoms with Crippen LogP contribution in [-0.2, 0) is 9.53 Å². The van der Waals surface area contributed by atoms with Crippen LogP contribution in [0.5, 0.6) is 0 Å². The van der Waals surface area contributed by atoms with Crippen molar-refractivity contribution in [3.63, 3.8) is 0 Å². The van der Waals surface area contributed by atoms with Gasteiger partial charge in [0.05, 0.1) is 12.2 Å². The normalized spacial score (nSPS) is 16.2. The molecule has 0 spiro atoms. The molecule has 2 aromatic rings. The van der Waals surface area contributed by atoms with E-state index >= 15 is 0 Å². The average Bonchev–Trinajstić information content (AvgIpc) is 3.24. The molecule has 0 aromatic carbocycles. The summed E-state index contributed by atoms with van der Waals surface area (Å²) in [5.74, 6) is 1.38. The van der Waals surface area contributed by atoms with Gasteiger partial charge in [0.1, 0.15) is 6.04 Å². The van der Waals surface area contributed by atoms with Gasteiger partial charge in [0.2, 0.25) is 11.1 Å². The Balaban J connectivity index is 2.13. The fraction of sp³-hybridized carbons (Fsp3) is 0.526. The Morgan fingerprint density at radius 3 is 2.81 bits per heavy atom. The standard InChI is InChI=1S/C19H26N4O2S2/c1-5-8-13-14(17(24)25-7-3)15(16-12(4)9-11-26-16)23-18(20-13)21-19(22-23)27-10-6-2/h9,11,15H,5-8,10H2,1-4H3,(H,20,21,22). The van der Waals surface area contributed by atoms with E-state index in [9.17, 15) is 4.79 Å². The van der Waals surface area contributed by atoms with Gasteiger partial charge in [0.25, 0.3) is 0 Å². The summed E-state index contributed by atoms with van der Waals surface area (Å²) < 4.78 is 7.26. The number of rotatable bonds is 8. The van der Waals surface area contributed by atoms with Crippen molar-refractivity contribution in [3.8, 4) is 0 Å². The number of hydrogen-bond donors (Lipinski definition) is 1. The molecular weight excluding hydrogens is 380 g/mol. The van der Waals surface area contributed by atoms with Crippen molar-refractivity contribution in [1.29, 1.82) is 0 Å². The van der Waals surface area contributed by atoms with Crippen LogP contribution < -0.4 is 5.32 Å². The second-order valence-electron chi connectivity index (χ2n) is 6.37. The molecule has 0 fully saturated rings. The molecule has 1 aliphatic rings. The average molecular weight is 407 g/mol. The van der Waals surface area contributed by atoms with Gasteiger partial charge in [-0.1, -0.05) is 32.0 Å². The molecule has 27 heavy (non-hydrogen) atoms. The summed E-state index contributed by atoms with van der Waals surface area (Å²) in [6.07, 6.45) is 2.75. The summed E-state index contributed by atoms with van der Waals surface area (Å²) in [7, 11) is 0. The lowest BCUT2D eigenvalue weighted by Crippen LogP contribution is -2.30. The number of esters is 1. The predicted octanol–water partition coefficient (Wildman–Crippen LogP) is 4.78. The molecule has 0 radical (unpaired) electrons. The van der Waals surface area contributed by atoms with E-state index in [1.54, 1.807) is 23.1 Å². The maximum Gasteiger partial charge on any atom is 0.338 e. The summed E-state index contributed by atoms with van der Waals surface area (Å²) in [6, 6.07) is 1.78. The Kier molecular flexibility index (Phi) is 6.59. The Labute approximate surface area is 168 Å². The van der Waals surface area contributed by atoms with Crippen molar-refractivity contribution in [2.45, 2.75) is 58.2 Å². The van der Waals surface area contributed by atoms with E-state index in [1.807, 2.05) is 11.6 Å². The van der Waals surface area contributed by atoms with Crippen molar-refractivity contribution in [1.82, 2.24) is 14.8 Å². The van der Waals surface area contributed by atoms with Crippen LogP contribution in [0.25, 0.3) is 0 Å². The number of ether oxygens (including phenoxy) is 1. The van der Waals surface area contributed by atoms with E-state index < -0.39 is 0 Å². The van der Waals surface area contributed by atoms with E-state index in [-0.39, 0.29) is 12.0 Å². The van der Waals surface area contributed by atoms with Gasteiger partial charge in [-0.2, -0.15) is 4.98 Å². The van der Waals surface area contributed by atoms with Crippen LogP contribution in [0, 0.1) is 6.92 Å². The van der Waals surface area contributed by atoms with Gasteiger partial charge < -0.3 is 10.1 Å². The number of nitrogens with one attached hydrogen (secondary N) is 1. The first kappa shape index (κ1) is 19.9. The number of thiophene rings is 1. The van der Waals surface area contributed by atoms with Crippen molar-refractivity contribution >= 4 is 35.0 Å². The second-order valence-corrected chi connectivity index (χ2v) is 8.38. The molecular formula is C19H26N4O2S2. The number of aryl methyl sites for hydroxylation is 1. The minimum absolute atomic E-state index is 0.282. The molecule has 3 heterocycles. The summed E-state index contributed by atoms with van der Waals surface area (Å²) in [6.45, 7) is 8.49. The topological polar surface area (TPSA) is 69.0 Å². The summed E-state index contributed by atoms with van der Waals surface area (Å²) >= 11 is 3.28. The van der Waals surface area contributed by atoms with Crippen LogP contribution in [0.1, 0.15) is 56.5 Å². The van der Waals surface area contributed by atoms with Crippen LogP contribution in [0.4, 0.5) is 5.95 Å². The molecule has 146 valence electrons. The number of fused-ring (bicyclic) bond motifs is 1. The Bertz CT molecular complexity index is 841. The van der Waals surface area contributed by atoms with Crippen molar-refractivity contribution < 1.29 is 9.53 Å². The Morgan fingerprint density at radius 2 is 2.19 bits per heavy atom. The largest absolute Gasteiger partial charge is 0.463 e. The molecule has 0 saturated carbocycles. The maximum absolute atomic E-state index is 12.9. The van der Waals surface area contributed by atoms with Crippen LogP contribution in [0.2, 0.25) is 0 Å². The molecule has 1 atom stereocenters. The van der Waals surface area contributed by atoms with Gasteiger partial charge in [0, 0.05) is 16.3 Å². The lowest BCUT2D eigenvalue weighted by Gasteiger charge is -2.29. The zero-order valence-electron chi connectivity index (χ0n) is 16.2. The van der Waals surface area contributed by atoms with Gasteiger partial charge in [-0.05, 0) is 43.7 Å².